The standard InChI is InChI=1S/C22H22N4O2/c1-15-7-9-16(10-8-15)23-21(27)19-5-4-6-20(25-19)22(28)24-17-11-13-18(14-12-17)26(2)3/h4-14H,1-3H3,(H,23,27)(H,24,28). The molecule has 0 radical (unpaired) electrons. The average Bonchev–Trinajstić information content (AvgIpc) is 2.70. The number of nitrogens with one attached hydrogen (secondary N) is 2. The van der Waals surface area contributed by atoms with Gasteiger partial charge >= 0.3 is 0 Å². The lowest BCUT2D eigenvalue weighted by Gasteiger charge is -2.13. The highest BCUT2D eigenvalue weighted by Crippen LogP contribution is 2.16. The van der Waals surface area contributed by atoms with Crippen molar-refractivity contribution in [3.63, 3.8) is 0 Å². The Bertz CT molecular complexity index is 980. The number of carbonyl (C=O) groups excluding carboxylic acids is 2. The molecule has 2 amide bonds. The summed E-state index contributed by atoms with van der Waals surface area (Å²) in [6, 6.07) is 19.7. The number of rotatable bonds is 5. The first-order valence-corrected chi connectivity index (χ1v) is 8.86. The first-order chi connectivity index (χ1) is 13.4. The molecule has 0 unspecified atom stereocenters. The number of hydrogen-bond donors (Lipinski definition) is 2. The van der Waals surface area contributed by atoms with Crippen LogP contribution in [0.15, 0.2) is 66.7 Å². The highest BCUT2D eigenvalue weighted by molar-refractivity contribution is 6.06. The molecule has 142 valence electrons. The summed E-state index contributed by atoms with van der Waals surface area (Å²) in [7, 11) is 3.90. The first kappa shape index (κ1) is 19.1. The summed E-state index contributed by atoms with van der Waals surface area (Å²) in [6.07, 6.45) is 0. The van der Waals surface area contributed by atoms with Crippen LogP contribution in [-0.4, -0.2) is 30.9 Å². The number of hydrogen-bond acceptors (Lipinski definition) is 4. The van der Waals surface area contributed by atoms with E-state index >= 15 is 0 Å². The molecule has 0 saturated carbocycles. The summed E-state index contributed by atoms with van der Waals surface area (Å²) < 4.78 is 0. The zero-order chi connectivity index (χ0) is 20.1. The van der Waals surface area contributed by atoms with Gasteiger partial charge in [-0.1, -0.05) is 23.8 Å². The maximum absolute atomic E-state index is 12.5. The molecule has 0 spiro atoms. The Hall–Kier alpha value is -3.67. The van der Waals surface area contributed by atoms with E-state index in [1.165, 1.54) is 0 Å². The lowest BCUT2D eigenvalue weighted by molar-refractivity contribution is 0.101. The second-order valence-corrected chi connectivity index (χ2v) is 6.62. The van der Waals surface area contributed by atoms with Gasteiger partial charge in [0.1, 0.15) is 11.4 Å². The van der Waals surface area contributed by atoms with Crippen molar-refractivity contribution < 1.29 is 9.59 Å². The molecule has 6 nitrogen and oxygen atoms in total. The number of aromatic nitrogens is 1. The van der Waals surface area contributed by atoms with Gasteiger partial charge in [-0.05, 0) is 55.5 Å². The molecule has 6 heteroatoms. The van der Waals surface area contributed by atoms with E-state index in [9.17, 15) is 9.59 Å². The van der Waals surface area contributed by atoms with Crippen molar-refractivity contribution in [1.29, 1.82) is 0 Å². The van der Waals surface area contributed by atoms with Crippen molar-refractivity contribution in [2.45, 2.75) is 6.92 Å². The first-order valence-electron chi connectivity index (χ1n) is 8.86. The quantitative estimate of drug-likeness (QED) is 0.709. The van der Waals surface area contributed by atoms with Crippen molar-refractivity contribution >= 4 is 28.9 Å². The molecule has 1 heterocycles. The third-order valence-corrected chi connectivity index (χ3v) is 4.17. The van der Waals surface area contributed by atoms with E-state index in [0.29, 0.717) is 11.4 Å². The molecule has 3 aromatic rings. The van der Waals surface area contributed by atoms with Crippen molar-refractivity contribution in [2.24, 2.45) is 0 Å². The smallest absolute Gasteiger partial charge is 0.274 e. The molecular formula is C22H22N4O2. The second-order valence-electron chi connectivity index (χ2n) is 6.62. The highest BCUT2D eigenvalue weighted by atomic mass is 16.2. The van der Waals surface area contributed by atoms with Gasteiger partial charge in [-0.3, -0.25) is 9.59 Å². The van der Waals surface area contributed by atoms with Crippen LogP contribution in [0.3, 0.4) is 0 Å². The van der Waals surface area contributed by atoms with Crippen LogP contribution in [-0.2, 0) is 0 Å². The van der Waals surface area contributed by atoms with Gasteiger partial charge in [0.2, 0.25) is 0 Å². The van der Waals surface area contributed by atoms with Crippen LogP contribution in [0.5, 0.6) is 0 Å². The molecule has 2 N–H and O–H groups in total. The molecule has 28 heavy (non-hydrogen) atoms. The van der Waals surface area contributed by atoms with Crippen molar-refractivity contribution in [2.75, 3.05) is 29.6 Å². The van der Waals surface area contributed by atoms with Gasteiger partial charge in [0.15, 0.2) is 0 Å². The number of nitrogens with zero attached hydrogens (tertiary/aromatic N) is 2. The fraction of sp³-hybridized carbons (Fsp3) is 0.136. The third-order valence-electron chi connectivity index (χ3n) is 4.17. The molecular weight excluding hydrogens is 352 g/mol. The molecule has 0 atom stereocenters. The van der Waals surface area contributed by atoms with Gasteiger partial charge in [-0.15, -0.1) is 0 Å². The van der Waals surface area contributed by atoms with Crippen LogP contribution in [0.25, 0.3) is 0 Å². The lowest BCUT2D eigenvalue weighted by Crippen LogP contribution is -2.18. The maximum atomic E-state index is 12.5. The van der Waals surface area contributed by atoms with E-state index in [0.717, 1.165) is 11.3 Å². The molecule has 3 rings (SSSR count). The zero-order valence-corrected chi connectivity index (χ0v) is 16.1. The highest BCUT2D eigenvalue weighted by Gasteiger charge is 2.13. The predicted octanol–water partition coefficient (Wildman–Crippen LogP) is 3.96. The van der Waals surface area contributed by atoms with E-state index in [-0.39, 0.29) is 23.2 Å². The van der Waals surface area contributed by atoms with E-state index in [1.807, 2.05) is 74.4 Å². The van der Waals surface area contributed by atoms with Gasteiger partial charge in [-0.2, -0.15) is 0 Å². The number of pyridine rings is 1. The predicted molar refractivity (Wildman–Crippen MR) is 112 cm³/mol. The van der Waals surface area contributed by atoms with Gasteiger partial charge in [0.05, 0.1) is 0 Å². The van der Waals surface area contributed by atoms with Gasteiger partial charge in [-0.25, -0.2) is 4.98 Å². The summed E-state index contributed by atoms with van der Waals surface area (Å²) in [6.45, 7) is 1.98. The van der Waals surface area contributed by atoms with Crippen molar-refractivity contribution in [3.8, 4) is 0 Å². The van der Waals surface area contributed by atoms with Gasteiger partial charge < -0.3 is 15.5 Å². The molecule has 0 aliphatic heterocycles. The molecule has 0 aliphatic carbocycles. The topological polar surface area (TPSA) is 74.3 Å². The molecule has 0 fully saturated rings. The summed E-state index contributed by atoms with van der Waals surface area (Å²) in [5.74, 6) is -0.739. The van der Waals surface area contributed by atoms with Crippen LogP contribution in [0, 0.1) is 6.92 Å². The number of anilines is 3. The summed E-state index contributed by atoms with van der Waals surface area (Å²) in [5, 5.41) is 5.58. The Morgan fingerprint density at radius 1 is 0.750 bits per heavy atom. The van der Waals surface area contributed by atoms with Crippen LogP contribution in [0.1, 0.15) is 26.5 Å². The normalized spacial score (nSPS) is 10.2. The molecule has 0 aliphatic rings. The van der Waals surface area contributed by atoms with E-state index < -0.39 is 0 Å². The average molecular weight is 374 g/mol. The zero-order valence-electron chi connectivity index (χ0n) is 16.1. The summed E-state index contributed by atoms with van der Waals surface area (Å²) in [4.78, 5) is 31.1. The minimum Gasteiger partial charge on any atom is -0.378 e. The Labute approximate surface area is 164 Å². The van der Waals surface area contributed by atoms with E-state index in [4.69, 9.17) is 0 Å². The number of amides is 2. The Balaban J connectivity index is 1.70. The van der Waals surface area contributed by atoms with Crippen molar-refractivity contribution in [1.82, 2.24) is 4.98 Å². The SMILES string of the molecule is Cc1ccc(NC(=O)c2cccc(C(=O)Nc3ccc(N(C)C)cc3)n2)cc1. The number of carbonyl (C=O) groups is 2. The molecule has 2 aromatic carbocycles. The second kappa shape index (κ2) is 8.35. The van der Waals surface area contributed by atoms with Crippen LogP contribution in [0.4, 0.5) is 17.1 Å². The third kappa shape index (κ3) is 4.73. The van der Waals surface area contributed by atoms with Crippen LogP contribution in [0.2, 0.25) is 0 Å². The largest absolute Gasteiger partial charge is 0.378 e. The lowest BCUT2D eigenvalue weighted by atomic mass is 10.2. The number of aryl methyl sites for hydroxylation is 1. The van der Waals surface area contributed by atoms with Gasteiger partial charge in [0, 0.05) is 31.2 Å². The fourth-order valence-corrected chi connectivity index (χ4v) is 2.56. The Morgan fingerprint density at radius 3 is 1.68 bits per heavy atom. The summed E-state index contributed by atoms with van der Waals surface area (Å²) in [5.41, 5.74) is 3.82. The molecule has 0 saturated heterocycles. The fourth-order valence-electron chi connectivity index (χ4n) is 2.56. The Morgan fingerprint density at radius 2 is 1.21 bits per heavy atom. The van der Waals surface area contributed by atoms with Crippen LogP contribution < -0.4 is 15.5 Å². The monoisotopic (exact) mass is 374 g/mol. The molecule has 1 aromatic heterocycles. The van der Waals surface area contributed by atoms with E-state index in [1.54, 1.807) is 18.2 Å². The minimum absolute atomic E-state index is 0.174. The molecule has 0 bridgehead atoms. The number of benzene rings is 2. The maximum Gasteiger partial charge on any atom is 0.274 e. The summed E-state index contributed by atoms with van der Waals surface area (Å²) >= 11 is 0. The van der Waals surface area contributed by atoms with Crippen LogP contribution >= 0.6 is 0 Å². The van der Waals surface area contributed by atoms with Crippen molar-refractivity contribution in [3.05, 3.63) is 83.7 Å². The van der Waals surface area contributed by atoms with E-state index in [2.05, 4.69) is 15.6 Å². The van der Waals surface area contributed by atoms with Gasteiger partial charge in [0.25, 0.3) is 11.8 Å². The minimum atomic E-state index is -0.373. The Kier molecular flexibility index (Phi) is 5.69.